The SMILES string of the molecule is CC(C)NCC(O)c1ccc(O)cc1.Cl. The number of aliphatic hydroxyl groups is 1. The zero-order valence-corrected chi connectivity index (χ0v) is 9.79. The van der Waals surface area contributed by atoms with Crippen LogP contribution in [-0.4, -0.2) is 22.8 Å². The molecule has 0 radical (unpaired) electrons. The average Bonchev–Trinajstić information content (AvgIpc) is 2.15. The Hall–Kier alpha value is -0.770. The summed E-state index contributed by atoms with van der Waals surface area (Å²) in [5, 5.41) is 21.9. The summed E-state index contributed by atoms with van der Waals surface area (Å²) >= 11 is 0. The number of hydrogen-bond acceptors (Lipinski definition) is 3. The van der Waals surface area contributed by atoms with Gasteiger partial charge in [-0.25, -0.2) is 0 Å². The van der Waals surface area contributed by atoms with Crippen molar-refractivity contribution in [1.82, 2.24) is 5.32 Å². The van der Waals surface area contributed by atoms with E-state index in [4.69, 9.17) is 5.11 Å². The summed E-state index contributed by atoms with van der Waals surface area (Å²) in [5.41, 5.74) is 0.816. The number of benzene rings is 1. The maximum Gasteiger partial charge on any atom is 0.115 e. The quantitative estimate of drug-likeness (QED) is 0.741. The molecule has 0 aliphatic carbocycles. The fourth-order valence-corrected chi connectivity index (χ4v) is 1.16. The highest BCUT2D eigenvalue weighted by Gasteiger charge is 2.07. The second-order valence-electron chi connectivity index (χ2n) is 3.67. The van der Waals surface area contributed by atoms with Crippen molar-refractivity contribution in [1.29, 1.82) is 0 Å². The topological polar surface area (TPSA) is 52.5 Å². The number of phenolic OH excluding ortho intramolecular Hbond substituents is 1. The second-order valence-corrected chi connectivity index (χ2v) is 3.67. The number of aliphatic hydroxyl groups excluding tert-OH is 1. The van der Waals surface area contributed by atoms with Crippen LogP contribution in [0.3, 0.4) is 0 Å². The Balaban J connectivity index is 0.00000196. The maximum absolute atomic E-state index is 9.72. The lowest BCUT2D eigenvalue weighted by molar-refractivity contribution is 0.171. The first-order chi connectivity index (χ1) is 6.59. The summed E-state index contributed by atoms with van der Waals surface area (Å²) in [4.78, 5) is 0. The third-order valence-corrected chi connectivity index (χ3v) is 2.00. The van der Waals surface area contributed by atoms with Gasteiger partial charge in [-0.3, -0.25) is 0 Å². The van der Waals surface area contributed by atoms with Crippen molar-refractivity contribution in [3.05, 3.63) is 29.8 Å². The Labute approximate surface area is 96.5 Å². The normalized spacial score (nSPS) is 12.3. The highest BCUT2D eigenvalue weighted by atomic mass is 35.5. The van der Waals surface area contributed by atoms with Crippen LogP contribution in [0.5, 0.6) is 5.75 Å². The van der Waals surface area contributed by atoms with Crippen LogP contribution in [0.4, 0.5) is 0 Å². The van der Waals surface area contributed by atoms with Crippen molar-refractivity contribution in [3.63, 3.8) is 0 Å². The summed E-state index contributed by atoms with van der Waals surface area (Å²) < 4.78 is 0. The van der Waals surface area contributed by atoms with Crippen molar-refractivity contribution in [2.45, 2.75) is 26.0 Å². The Morgan fingerprint density at radius 2 is 1.73 bits per heavy atom. The summed E-state index contributed by atoms with van der Waals surface area (Å²) in [5.74, 6) is 0.220. The van der Waals surface area contributed by atoms with E-state index < -0.39 is 6.10 Å². The Bertz CT molecular complexity index is 274. The molecule has 3 nitrogen and oxygen atoms in total. The van der Waals surface area contributed by atoms with Crippen molar-refractivity contribution in [2.75, 3.05) is 6.54 Å². The Morgan fingerprint density at radius 3 is 2.20 bits per heavy atom. The number of nitrogens with one attached hydrogen (secondary N) is 1. The average molecular weight is 232 g/mol. The standard InChI is InChI=1S/C11H17NO2.ClH/c1-8(2)12-7-11(14)9-3-5-10(13)6-4-9;/h3-6,8,11-14H,7H2,1-2H3;1H. The van der Waals surface area contributed by atoms with E-state index in [0.717, 1.165) is 5.56 Å². The highest BCUT2D eigenvalue weighted by Crippen LogP contribution is 2.15. The smallest absolute Gasteiger partial charge is 0.115 e. The number of rotatable bonds is 4. The molecule has 1 unspecified atom stereocenters. The fourth-order valence-electron chi connectivity index (χ4n) is 1.16. The van der Waals surface area contributed by atoms with E-state index in [9.17, 15) is 5.11 Å². The van der Waals surface area contributed by atoms with Crippen LogP contribution >= 0.6 is 12.4 Å². The van der Waals surface area contributed by atoms with Gasteiger partial charge in [0.15, 0.2) is 0 Å². The minimum Gasteiger partial charge on any atom is -0.508 e. The molecule has 0 saturated heterocycles. The molecule has 0 spiro atoms. The van der Waals surface area contributed by atoms with Gasteiger partial charge >= 0.3 is 0 Å². The zero-order chi connectivity index (χ0) is 10.6. The van der Waals surface area contributed by atoms with Crippen LogP contribution in [0, 0.1) is 0 Å². The van der Waals surface area contributed by atoms with Crippen LogP contribution in [-0.2, 0) is 0 Å². The predicted molar refractivity (Wildman–Crippen MR) is 63.5 cm³/mol. The molecule has 0 saturated carbocycles. The van der Waals surface area contributed by atoms with E-state index in [1.165, 1.54) is 0 Å². The molecule has 0 bridgehead atoms. The van der Waals surface area contributed by atoms with Crippen molar-refractivity contribution in [3.8, 4) is 5.75 Å². The molecular formula is C11H18ClNO2. The molecule has 4 heteroatoms. The van der Waals surface area contributed by atoms with Gasteiger partial charge in [0.2, 0.25) is 0 Å². The van der Waals surface area contributed by atoms with E-state index in [2.05, 4.69) is 5.32 Å². The van der Waals surface area contributed by atoms with Gasteiger partial charge in [-0.15, -0.1) is 12.4 Å². The molecule has 0 aromatic heterocycles. The molecule has 0 fully saturated rings. The summed E-state index contributed by atoms with van der Waals surface area (Å²) in [6, 6.07) is 6.97. The molecule has 1 aromatic carbocycles. The molecule has 0 amide bonds. The first-order valence-corrected chi connectivity index (χ1v) is 4.80. The molecule has 0 aliphatic rings. The zero-order valence-electron chi connectivity index (χ0n) is 8.97. The maximum atomic E-state index is 9.72. The lowest BCUT2D eigenvalue weighted by Gasteiger charge is -2.14. The van der Waals surface area contributed by atoms with E-state index in [1.54, 1.807) is 24.3 Å². The van der Waals surface area contributed by atoms with Gasteiger partial charge in [0.25, 0.3) is 0 Å². The molecule has 1 aromatic rings. The second kappa shape index (κ2) is 6.67. The van der Waals surface area contributed by atoms with Crippen LogP contribution in [0.15, 0.2) is 24.3 Å². The van der Waals surface area contributed by atoms with E-state index in [1.807, 2.05) is 13.8 Å². The van der Waals surface area contributed by atoms with Gasteiger partial charge in [-0.1, -0.05) is 26.0 Å². The summed E-state index contributed by atoms with van der Waals surface area (Å²) in [6.45, 7) is 4.59. The lowest BCUT2D eigenvalue weighted by atomic mass is 10.1. The Kier molecular flexibility index (Phi) is 6.32. The van der Waals surface area contributed by atoms with Crippen molar-refractivity contribution < 1.29 is 10.2 Å². The van der Waals surface area contributed by atoms with E-state index >= 15 is 0 Å². The van der Waals surface area contributed by atoms with Crippen LogP contribution in [0.2, 0.25) is 0 Å². The van der Waals surface area contributed by atoms with Gasteiger partial charge in [-0.2, -0.15) is 0 Å². The van der Waals surface area contributed by atoms with Crippen LogP contribution in [0.1, 0.15) is 25.5 Å². The molecule has 1 atom stereocenters. The Morgan fingerprint density at radius 1 is 1.20 bits per heavy atom. The number of phenols is 1. The molecule has 15 heavy (non-hydrogen) atoms. The van der Waals surface area contributed by atoms with E-state index in [-0.39, 0.29) is 18.2 Å². The first-order valence-electron chi connectivity index (χ1n) is 4.80. The molecular weight excluding hydrogens is 214 g/mol. The molecule has 1 rings (SSSR count). The molecule has 0 aliphatic heterocycles. The minimum atomic E-state index is -0.516. The summed E-state index contributed by atoms with van der Waals surface area (Å²) in [6.07, 6.45) is -0.516. The number of aromatic hydroxyl groups is 1. The monoisotopic (exact) mass is 231 g/mol. The van der Waals surface area contributed by atoms with Crippen molar-refractivity contribution >= 4 is 12.4 Å². The molecule has 86 valence electrons. The van der Waals surface area contributed by atoms with Crippen LogP contribution < -0.4 is 5.32 Å². The van der Waals surface area contributed by atoms with Crippen LogP contribution in [0.25, 0.3) is 0 Å². The third-order valence-electron chi connectivity index (χ3n) is 2.00. The van der Waals surface area contributed by atoms with Gasteiger partial charge < -0.3 is 15.5 Å². The number of hydrogen-bond donors (Lipinski definition) is 3. The van der Waals surface area contributed by atoms with E-state index in [0.29, 0.717) is 12.6 Å². The fraction of sp³-hybridized carbons (Fsp3) is 0.455. The third kappa shape index (κ3) is 5.02. The largest absolute Gasteiger partial charge is 0.508 e. The van der Waals surface area contributed by atoms with Gasteiger partial charge in [0.1, 0.15) is 5.75 Å². The lowest BCUT2D eigenvalue weighted by Crippen LogP contribution is -2.27. The van der Waals surface area contributed by atoms with Crippen molar-refractivity contribution in [2.24, 2.45) is 0 Å². The molecule has 3 N–H and O–H groups in total. The van der Waals surface area contributed by atoms with Gasteiger partial charge in [-0.05, 0) is 17.7 Å². The highest BCUT2D eigenvalue weighted by molar-refractivity contribution is 5.85. The number of halogens is 1. The first kappa shape index (κ1) is 14.2. The van der Waals surface area contributed by atoms with Gasteiger partial charge in [0.05, 0.1) is 6.10 Å². The minimum absolute atomic E-state index is 0. The molecule has 0 heterocycles. The van der Waals surface area contributed by atoms with Gasteiger partial charge in [0, 0.05) is 12.6 Å². The summed E-state index contributed by atoms with van der Waals surface area (Å²) in [7, 11) is 0. The predicted octanol–water partition coefficient (Wildman–Crippen LogP) is 1.85.